The zero-order chi connectivity index (χ0) is 32.0. The van der Waals surface area contributed by atoms with Crippen molar-refractivity contribution in [1.82, 2.24) is 0 Å². The van der Waals surface area contributed by atoms with Gasteiger partial charge < -0.3 is 4.74 Å². The first-order valence-electron chi connectivity index (χ1n) is 15.3. The first-order chi connectivity index (χ1) is 21.7. The fourth-order valence-electron chi connectivity index (χ4n) is 6.02. The number of isothiocyanates is 1. The number of halogens is 5. The molecule has 0 N–H and O–H groups in total. The Bertz CT molecular complexity index is 1680. The summed E-state index contributed by atoms with van der Waals surface area (Å²) in [6.07, 6.45) is 0.789. The largest absolute Gasteiger partial charge is 0.386 e. The van der Waals surface area contributed by atoms with E-state index in [0.29, 0.717) is 60.0 Å². The lowest BCUT2D eigenvalue weighted by Gasteiger charge is -2.31. The van der Waals surface area contributed by atoms with Gasteiger partial charge in [0.2, 0.25) is 0 Å². The summed E-state index contributed by atoms with van der Waals surface area (Å²) in [5.41, 5.74) is 3.01. The zero-order valence-corrected chi connectivity index (χ0v) is 25.8. The minimum Gasteiger partial charge on any atom is -0.313 e. The molecule has 5 rings (SSSR count). The summed E-state index contributed by atoms with van der Waals surface area (Å²) < 4.78 is 80.1. The second-order valence-electron chi connectivity index (χ2n) is 11.6. The average molecular weight is 636 g/mol. The van der Waals surface area contributed by atoms with Crippen molar-refractivity contribution in [3.8, 4) is 22.3 Å². The number of unbranched alkanes of at least 4 members (excludes halogenated alkanes) is 2. The summed E-state index contributed by atoms with van der Waals surface area (Å²) in [6.45, 7) is 2.07. The van der Waals surface area contributed by atoms with Crippen molar-refractivity contribution in [1.29, 1.82) is 0 Å². The molecule has 1 fully saturated rings. The Hall–Kier alpha value is -3.71. The molecule has 1 saturated carbocycles. The first kappa shape index (κ1) is 32.7. The topological polar surface area (TPSA) is 21.6 Å². The molecule has 0 bridgehead atoms. The molecule has 0 unspecified atom stereocenters. The predicted molar refractivity (Wildman–Crippen MR) is 172 cm³/mol. The number of aryl methyl sites for hydroxylation is 1. The fourth-order valence-corrected chi connectivity index (χ4v) is 6.13. The molecule has 45 heavy (non-hydrogen) atoms. The van der Waals surface area contributed by atoms with Crippen molar-refractivity contribution >= 4 is 23.1 Å². The molecule has 234 valence electrons. The lowest BCUT2D eigenvalue weighted by atomic mass is 9.82. The molecule has 0 aromatic heterocycles. The van der Waals surface area contributed by atoms with Crippen LogP contribution in [0.25, 0.3) is 22.3 Å². The van der Waals surface area contributed by atoms with Crippen LogP contribution in [0, 0.1) is 17.5 Å². The van der Waals surface area contributed by atoms with Crippen LogP contribution >= 0.6 is 12.2 Å². The van der Waals surface area contributed by atoms with E-state index in [0.717, 1.165) is 30.9 Å². The van der Waals surface area contributed by atoms with Gasteiger partial charge in [-0.3, -0.25) is 0 Å². The van der Waals surface area contributed by atoms with E-state index < -0.39 is 35.2 Å². The van der Waals surface area contributed by atoms with E-state index in [4.69, 9.17) is 4.74 Å². The number of benzene rings is 4. The quantitative estimate of drug-likeness (QED) is 0.0708. The Kier molecular flexibility index (Phi) is 10.6. The highest BCUT2D eigenvalue weighted by Crippen LogP contribution is 2.41. The number of nitrogens with zero attached hydrogens (tertiary/aromatic N) is 1. The van der Waals surface area contributed by atoms with Crippen molar-refractivity contribution < 1.29 is 26.7 Å². The Labute approximate surface area is 266 Å². The highest BCUT2D eigenvalue weighted by Gasteiger charge is 2.40. The van der Waals surface area contributed by atoms with Gasteiger partial charge >= 0.3 is 6.11 Å². The highest BCUT2D eigenvalue weighted by atomic mass is 32.1. The van der Waals surface area contributed by atoms with Crippen LogP contribution in [-0.2, 0) is 17.3 Å². The van der Waals surface area contributed by atoms with Crippen molar-refractivity contribution in [2.75, 3.05) is 0 Å². The molecule has 2 nitrogen and oxygen atoms in total. The van der Waals surface area contributed by atoms with E-state index in [-0.39, 0.29) is 11.5 Å². The third-order valence-electron chi connectivity index (χ3n) is 8.50. The summed E-state index contributed by atoms with van der Waals surface area (Å²) in [6, 6.07) is 20.2. The molecule has 0 spiro atoms. The van der Waals surface area contributed by atoms with Gasteiger partial charge in [0.1, 0.15) is 17.5 Å². The first-order valence-corrected chi connectivity index (χ1v) is 15.7. The second kappa shape index (κ2) is 14.6. The van der Waals surface area contributed by atoms with Gasteiger partial charge in [0.15, 0.2) is 0 Å². The van der Waals surface area contributed by atoms with Crippen LogP contribution in [0.15, 0.2) is 83.9 Å². The number of aliphatic imine (C=N–C) groups is 1. The van der Waals surface area contributed by atoms with E-state index in [1.807, 2.05) is 0 Å². The van der Waals surface area contributed by atoms with Gasteiger partial charge in [-0.1, -0.05) is 62.2 Å². The SMILES string of the molecule is CCCCCc1ccc(C(F)(F)OC2CCC(c3ccc(-c4ccc(-c5ccc(N=C=S)cc5)c(F)c4)c(F)c3)CC2)c(F)c1. The molecule has 0 saturated heterocycles. The average Bonchev–Trinajstić information content (AvgIpc) is 3.02. The van der Waals surface area contributed by atoms with E-state index in [1.54, 1.807) is 54.6 Å². The Balaban J connectivity index is 1.20. The third kappa shape index (κ3) is 7.93. The lowest BCUT2D eigenvalue weighted by molar-refractivity contribution is -0.278. The van der Waals surface area contributed by atoms with Crippen LogP contribution in [-0.4, -0.2) is 11.3 Å². The number of hydrogen-bond donors (Lipinski definition) is 0. The van der Waals surface area contributed by atoms with Gasteiger partial charge in [0, 0.05) is 11.1 Å². The van der Waals surface area contributed by atoms with Crippen LogP contribution < -0.4 is 0 Å². The molecule has 0 atom stereocenters. The van der Waals surface area contributed by atoms with Gasteiger partial charge in [-0.2, -0.15) is 13.8 Å². The molecular formula is C37H34F5NOS. The maximum atomic E-state index is 15.3. The van der Waals surface area contributed by atoms with E-state index in [1.165, 1.54) is 18.2 Å². The summed E-state index contributed by atoms with van der Waals surface area (Å²) in [7, 11) is 0. The van der Waals surface area contributed by atoms with Crippen molar-refractivity contribution in [2.45, 2.75) is 76.4 Å². The van der Waals surface area contributed by atoms with Crippen LogP contribution in [0.1, 0.15) is 74.5 Å². The van der Waals surface area contributed by atoms with E-state index in [9.17, 15) is 13.2 Å². The smallest absolute Gasteiger partial charge is 0.313 e. The van der Waals surface area contributed by atoms with Crippen LogP contribution in [0.4, 0.5) is 27.6 Å². The maximum absolute atomic E-state index is 15.3. The summed E-state index contributed by atoms with van der Waals surface area (Å²) in [4.78, 5) is 3.89. The van der Waals surface area contributed by atoms with Crippen LogP contribution in [0.2, 0.25) is 0 Å². The molecule has 4 aromatic rings. The predicted octanol–water partition coefficient (Wildman–Crippen LogP) is 11.7. The number of hydrogen-bond acceptors (Lipinski definition) is 3. The standard InChI is InChI=1S/C37H34F5NOS/c1-2-3-4-5-24-6-19-33(36(40)20-24)37(41,42)44-30-15-9-25(10-16-30)27-11-17-32(34(38)21-27)28-12-18-31(35(39)22-28)26-7-13-29(14-8-26)43-23-45/h6-8,11-14,17-22,25,30H,2-5,9-10,15-16H2,1H3. The molecule has 0 amide bonds. The number of ether oxygens (including phenoxy) is 1. The zero-order valence-electron chi connectivity index (χ0n) is 25.0. The molecule has 0 aliphatic heterocycles. The maximum Gasteiger partial charge on any atom is 0.386 e. The minimum atomic E-state index is -3.75. The number of rotatable bonds is 11. The number of alkyl halides is 2. The molecule has 0 radical (unpaired) electrons. The molecule has 8 heteroatoms. The van der Waals surface area contributed by atoms with Crippen LogP contribution in [0.5, 0.6) is 0 Å². The molecule has 1 aliphatic rings. The summed E-state index contributed by atoms with van der Waals surface area (Å²) in [5.74, 6) is -1.97. The van der Waals surface area contributed by atoms with E-state index in [2.05, 4.69) is 29.3 Å². The molecule has 4 aromatic carbocycles. The summed E-state index contributed by atoms with van der Waals surface area (Å²) in [5, 5.41) is 2.29. The summed E-state index contributed by atoms with van der Waals surface area (Å²) >= 11 is 4.60. The lowest BCUT2D eigenvalue weighted by Crippen LogP contribution is -2.30. The van der Waals surface area contributed by atoms with Gasteiger partial charge in [-0.05, 0) is 115 Å². The van der Waals surface area contributed by atoms with Crippen LogP contribution in [0.3, 0.4) is 0 Å². The van der Waals surface area contributed by atoms with E-state index >= 15 is 8.78 Å². The van der Waals surface area contributed by atoms with Crippen molar-refractivity contribution in [3.63, 3.8) is 0 Å². The monoisotopic (exact) mass is 635 g/mol. The normalized spacial score (nSPS) is 16.8. The Morgan fingerprint density at radius 3 is 2.09 bits per heavy atom. The second-order valence-corrected chi connectivity index (χ2v) is 11.7. The molecule has 1 aliphatic carbocycles. The Morgan fingerprint density at radius 2 is 1.44 bits per heavy atom. The van der Waals surface area contributed by atoms with Gasteiger partial charge in [0.05, 0.1) is 22.5 Å². The Morgan fingerprint density at radius 1 is 0.778 bits per heavy atom. The van der Waals surface area contributed by atoms with Crippen molar-refractivity contribution in [3.05, 3.63) is 113 Å². The van der Waals surface area contributed by atoms with Gasteiger partial charge in [-0.25, -0.2) is 13.2 Å². The highest BCUT2D eigenvalue weighted by molar-refractivity contribution is 7.78. The minimum absolute atomic E-state index is 0.0362. The third-order valence-corrected chi connectivity index (χ3v) is 8.59. The van der Waals surface area contributed by atoms with Gasteiger partial charge in [-0.15, -0.1) is 0 Å². The van der Waals surface area contributed by atoms with Crippen molar-refractivity contribution in [2.24, 2.45) is 4.99 Å². The molecular weight excluding hydrogens is 601 g/mol. The fraction of sp³-hybridized carbons (Fsp3) is 0.324. The molecule has 0 heterocycles. The number of thiocarbonyl (C=S) groups is 1. The van der Waals surface area contributed by atoms with Gasteiger partial charge in [0.25, 0.3) is 0 Å².